The maximum Gasteiger partial charge on any atom is 0.271 e. The lowest BCUT2D eigenvalue weighted by molar-refractivity contribution is -0.384. The van der Waals surface area contributed by atoms with Crippen LogP contribution in [0.3, 0.4) is 0 Å². The van der Waals surface area contributed by atoms with Gasteiger partial charge in [0.25, 0.3) is 11.6 Å². The number of non-ortho nitro benzene ring substituents is 1. The number of fused-ring (bicyclic) bond motifs is 1. The van der Waals surface area contributed by atoms with Crippen molar-refractivity contribution in [2.24, 2.45) is 5.10 Å². The molecule has 0 aliphatic rings. The molecule has 1 aromatic carbocycles. The number of nitrogens with one attached hydrogen (secondary N) is 1. The summed E-state index contributed by atoms with van der Waals surface area (Å²) in [5, 5.41) is 14.9. The summed E-state index contributed by atoms with van der Waals surface area (Å²) in [6, 6.07) is 14.2. The molecule has 4 rings (SSSR count). The number of hydrazone groups is 1. The van der Waals surface area contributed by atoms with Crippen molar-refractivity contribution in [1.82, 2.24) is 14.8 Å². The summed E-state index contributed by atoms with van der Waals surface area (Å²) in [6.45, 7) is 1.81. The van der Waals surface area contributed by atoms with Gasteiger partial charge >= 0.3 is 0 Å². The Morgan fingerprint density at radius 1 is 1.09 bits per heavy atom. The number of carbonyl (C=O) groups is 2. The van der Waals surface area contributed by atoms with Crippen LogP contribution in [-0.2, 0) is 0 Å². The van der Waals surface area contributed by atoms with E-state index in [0.717, 1.165) is 5.52 Å². The van der Waals surface area contributed by atoms with Crippen LogP contribution in [0.4, 0.5) is 5.69 Å². The van der Waals surface area contributed by atoms with Crippen LogP contribution in [0, 0.1) is 17.0 Å². The SMILES string of the molecule is Cc1c(/C=N/NC(=O)c2cccc([N+](=O)[O-])c2)c2ccccn2c1C(=O)c1ccncc1. The maximum atomic E-state index is 13.1. The molecule has 0 radical (unpaired) electrons. The maximum absolute atomic E-state index is 13.1. The van der Waals surface area contributed by atoms with Crippen molar-refractivity contribution in [3.8, 4) is 0 Å². The molecular formula is C23H17N5O4. The number of nitro benzene ring substituents is 1. The van der Waals surface area contributed by atoms with Crippen molar-refractivity contribution in [3.63, 3.8) is 0 Å². The Kier molecular flexibility index (Phi) is 5.54. The van der Waals surface area contributed by atoms with E-state index in [2.05, 4.69) is 15.5 Å². The predicted molar refractivity (Wildman–Crippen MR) is 118 cm³/mol. The molecule has 3 aromatic heterocycles. The molecule has 1 N–H and O–H groups in total. The molecule has 0 unspecified atom stereocenters. The van der Waals surface area contributed by atoms with Crippen LogP contribution in [0.15, 0.2) is 78.3 Å². The summed E-state index contributed by atoms with van der Waals surface area (Å²) in [6.07, 6.45) is 6.37. The molecule has 9 heteroatoms. The van der Waals surface area contributed by atoms with Crippen molar-refractivity contribution >= 4 is 29.1 Å². The van der Waals surface area contributed by atoms with E-state index in [-0.39, 0.29) is 17.0 Å². The topological polar surface area (TPSA) is 119 Å². The van der Waals surface area contributed by atoms with Crippen molar-refractivity contribution in [2.75, 3.05) is 0 Å². The first-order chi connectivity index (χ1) is 15.5. The molecule has 9 nitrogen and oxygen atoms in total. The minimum Gasteiger partial charge on any atom is -0.313 e. The van der Waals surface area contributed by atoms with Crippen LogP contribution < -0.4 is 5.43 Å². The molecule has 4 aromatic rings. The summed E-state index contributed by atoms with van der Waals surface area (Å²) in [7, 11) is 0. The van der Waals surface area contributed by atoms with E-state index in [1.54, 1.807) is 35.1 Å². The Morgan fingerprint density at radius 2 is 1.88 bits per heavy atom. The lowest BCUT2D eigenvalue weighted by Gasteiger charge is -2.03. The zero-order valence-corrected chi connectivity index (χ0v) is 16.9. The van der Waals surface area contributed by atoms with E-state index in [1.807, 2.05) is 25.1 Å². The Hall–Kier alpha value is -4.66. The van der Waals surface area contributed by atoms with Crippen molar-refractivity contribution < 1.29 is 14.5 Å². The van der Waals surface area contributed by atoms with E-state index < -0.39 is 10.8 Å². The van der Waals surface area contributed by atoms with Crippen molar-refractivity contribution in [2.45, 2.75) is 6.92 Å². The van der Waals surface area contributed by atoms with Gasteiger partial charge in [-0.15, -0.1) is 0 Å². The highest BCUT2D eigenvalue weighted by Crippen LogP contribution is 2.24. The van der Waals surface area contributed by atoms with Gasteiger partial charge in [0.05, 0.1) is 22.3 Å². The zero-order chi connectivity index (χ0) is 22.7. The first kappa shape index (κ1) is 20.6. The normalized spacial score (nSPS) is 11.0. The van der Waals surface area contributed by atoms with E-state index in [1.165, 1.54) is 30.5 Å². The largest absolute Gasteiger partial charge is 0.313 e. The van der Waals surface area contributed by atoms with Gasteiger partial charge < -0.3 is 4.40 Å². The van der Waals surface area contributed by atoms with Crippen LogP contribution in [0.5, 0.6) is 0 Å². The average molecular weight is 427 g/mol. The third-order valence-electron chi connectivity index (χ3n) is 4.97. The zero-order valence-electron chi connectivity index (χ0n) is 16.9. The number of carbonyl (C=O) groups excluding carboxylic acids is 2. The molecule has 1 amide bonds. The van der Waals surface area contributed by atoms with Gasteiger partial charge in [-0.1, -0.05) is 12.1 Å². The fourth-order valence-electron chi connectivity index (χ4n) is 3.42. The minimum absolute atomic E-state index is 0.114. The third kappa shape index (κ3) is 3.86. The average Bonchev–Trinajstić information content (AvgIpc) is 3.10. The fraction of sp³-hybridized carbons (Fsp3) is 0.0435. The molecule has 32 heavy (non-hydrogen) atoms. The Bertz CT molecular complexity index is 1380. The number of ketones is 1. The van der Waals surface area contributed by atoms with Gasteiger partial charge in [-0.25, -0.2) is 5.43 Å². The number of benzene rings is 1. The van der Waals surface area contributed by atoms with Crippen molar-refractivity contribution in [3.05, 3.63) is 111 Å². The summed E-state index contributed by atoms with van der Waals surface area (Å²) >= 11 is 0. The predicted octanol–water partition coefficient (Wildman–Crippen LogP) is 3.55. The molecule has 3 heterocycles. The summed E-state index contributed by atoms with van der Waals surface area (Å²) in [5.74, 6) is -0.745. The Labute approximate surface area is 182 Å². The molecule has 158 valence electrons. The molecule has 0 aliphatic carbocycles. The quantitative estimate of drug-likeness (QED) is 0.218. The highest BCUT2D eigenvalue weighted by molar-refractivity contribution is 6.12. The third-order valence-corrected chi connectivity index (χ3v) is 4.97. The summed E-state index contributed by atoms with van der Waals surface area (Å²) in [5.41, 5.74) is 5.42. The second-order valence-electron chi connectivity index (χ2n) is 6.91. The monoisotopic (exact) mass is 427 g/mol. The minimum atomic E-state index is -0.584. The van der Waals surface area contributed by atoms with E-state index in [4.69, 9.17) is 0 Å². The first-order valence-electron chi connectivity index (χ1n) is 9.59. The van der Waals surface area contributed by atoms with Crippen molar-refractivity contribution in [1.29, 1.82) is 0 Å². The molecule has 0 fully saturated rings. The second kappa shape index (κ2) is 8.60. The van der Waals surface area contributed by atoms with Gasteiger partial charge in [0.1, 0.15) is 0 Å². The summed E-state index contributed by atoms with van der Waals surface area (Å²) < 4.78 is 1.78. The second-order valence-corrected chi connectivity index (χ2v) is 6.91. The number of hydrogen-bond acceptors (Lipinski definition) is 6. The van der Waals surface area contributed by atoms with Crippen LogP contribution in [0.25, 0.3) is 5.52 Å². The van der Waals surface area contributed by atoms with E-state index in [0.29, 0.717) is 22.4 Å². The molecule has 0 bridgehead atoms. The molecule has 0 spiro atoms. The van der Waals surface area contributed by atoms with E-state index in [9.17, 15) is 19.7 Å². The standard InChI is InChI=1S/C23H17N5O4/c1-15-19(14-25-26-23(30)17-5-4-6-18(13-17)28(31)32)20-7-2-3-12-27(20)21(15)22(29)16-8-10-24-11-9-16/h2-14H,1H3,(H,26,30)/b25-14+. The Morgan fingerprint density at radius 3 is 2.62 bits per heavy atom. The highest BCUT2D eigenvalue weighted by Gasteiger charge is 2.20. The molecule has 0 saturated heterocycles. The van der Waals surface area contributed by atoms with Crippen LogP contribution in [-0.4, -0.2) is 32.2 Å². The lowest BCUT2D eigenvalue weighted by Crippen LogP contribution is -2.17. The number of amides is 1. The van der Waals surface area contributed by atoms with E-state index >= 15 is 0 Å². The number of rotatable bonds is 6. The molecule has 0 aliphatic heterocycles. The molecule has 0 saturated carbocycles. The number of aromatic nitrogens is 2. The van der Waals surface area contributed by atoms with Crippen LogP contribution >= 0.6 is 0 Å². The Balaban J connectivity index is 1.65. The number of hydrogen-bond donors (Lipinski definition) is 1. The molecule has 0 atom stereocenters. The van der Waals surface area contributed by atoms with Gasteiger partial charge in [0.2, 0.25) is 5.78 Å². The summed E-state index contributed by atoms with van der Waals surface area (Å²) in [4.78, 5) is 39.8. The highest BCUT2D eigenvalue weighted by atomic mass is 16.6. The smallest absolute Gasteiger partial charge is 0.271 e. The van der Waals surface area contributed by atoms with Gasteiger partial charge in [0, 0.05) is 47.4 Å². The fourth-order valence-corrected chi connectivity index (χ4v) is 3.42. The van der Waals surface area contributed by atoms with Gasteiger partial charge in [-0.05, 0) is 42.8 Å². The lowest BCUT2D eigenvalue weighted by atomic mass is 10.1. The number of nitrogens with zero attached hydrogens (tertiary/aromatic N) is 4. The van der Waals surface area contributed by atoms with Gasteiger partial charge in [-0.3, -0.25) is 24.7 Å². The molecular weight excluding hydrogens is 410 g/mol. The van der Waals surface area contributed by atoms with Gasteiger partial charge in [-0.2, -0.15) is 5.10 Å². The first-order valence-corrected chi connectivity index (χ1v) is 9.59. The van der Waals surface area contributed by atoms with Crippen LogP contribution in [0.2, 0.25) is 0 Å². The van der Waals surface area contributed by atoms with Crippen LogP contribution in [0.1, 0.15) is 37.5 Å². The number of pyridine rings is 2. The number of nitro groups is 1. The van der Waals surface area contributed by atoms with Gasteiger partial charge in [0.15, 0.2) is 0 Å².